The lowest BCUT2D eigenvalue weighted by Gasteiger charge is -2.08. The molecule has 3 aromatic rings. The van der Waals surface area contributed by atoms with Crippen LogP contribution in [-0.4, -0.2) is 9.55 Å². The van der Waals surface area contributed by atoms with Crippen molar-refractivity contribution in [3.8, 4) is 0 Å². The highest BCUT2D eigenvalue weighted by atomic mass is 35.5. The Hall–Kier alpha value is -1.22. The molecule has 2 aromatic carbocycles. The molecule has 0 saturated heterocycles. The lowest BCUT2D eigenvalue weighted by Crippen LogP contribution is -2.03. The average molecular weight is 326 g/mol. The molecule has 0 spiro atoms. The molecule has 0 bridgehead atoms. The molecule has 0 amide bonds. The minimum Gasteiger partial charge on any atom is -0.322 e. The molecule has 0 N–H and O–H groups in total. The summed E-state index contributed by atoms with van der Waals surface area (Å²) in [4.78, 5) is 4.52. The Morgan fingerprint density at radius 2 is 1.75 bits per heavy atom. The second kappa shape index (κ2) is 5.65. The molecule has 0 atom stereocenters. The number of benzene rings is 2. The van der Waals surface area contributed by atoms with Crippen LogP contribution in [0.2, 0.25) is 10.0 Å². The van der Waals surface area contributed by atoms with Crippen molar-refractivity contribution in [3.05, 3.63) is 63.9 Å². The number of imidazole rings is 1. The molecule has 0 radical (unpaired) electrons. The summed E-state index contributed by atoms with van der Waals surface area (Å²) < 4.78 is 2.08. The summed E-state index contributed by atoms with van der Waals surface area (Å²) in [5.74, 6) is 1.16. The Morgan fingerprint density at radius 3 is 2.45 bits per heavy atom. The highest BCUT2D eigenvalue weighted by molar-refractivity contribution is 6.35. The van der Waals surface area contributed by atoms with Gasteiger partial charge in [-0.25, -0.2) is 4.98 Å². The zero-order valence-electron chi connectivity index (χ0n) is 10.5. The lowest BCUT2D eigenvalue weighted by atomic mass is 10.2. The molecular formula is C15H11Cl3N2. The predicted molar refractivity (Wildman–Crippen MR) is 84.9 cm³/mol. The zero-order valence-corrected chi connectivity index (χ0v) is 12.8. The number of hydrogen-bond donors (Lipinski definition) is 0. The Kier molecular flexibility index (Phi) is 3.88. The van der Waals surface area contributed by atoms with Crippen molar-refractivity contribution >= 4 is 45.8 Å². The number of rotatable bonds is 3. The van der Waals surface area contributed by atoms with Crippen LogP contribution < -0.4 is 0 Å². The second-order valence-electron chi connectivity index (χ2n) is 4.48. The largest absolute Gasteiger partial charge is 0.322 e. The van der Waals surface area contributed by atoms with Crippen LogP contribution in [0, 0.1) is 0 Å². The van der Waals surface area contributed by atoms with Gasteiger partial charge in [0.1, 0.15) is 11.3 Å². The zero-order chi connectivity index (χ0) is 14.1. The van der Waals surface area contributed by atoms with Crippen LogP contribution in [0.1, 0.15) is 11.4 Å². The van der Waals surface area contributed by atoms with Gasteiger partial charge in [-0.3, -0.25) is 0 Å². The molecule has 0 aliphatic carbocycles. The summed E-state index contributed by atoms with van der Waals surface area (Å²) in [5, 5.41) is 1.37. The fourth-order valence-electron chi connectivity index (χ4n) is 2.21. The monoisotopic (exact) mass is 324 g/mol. The molecule has 2 nitrogen and oxygen atoms in total. The van der Waals surface area contributed by atoms with Gasteiger partial charge in [0, 0.05) is 11.6 Å². The summed E-state index contributed by atoms with van der Waals surface area (Å²) in [6.45, 7) is 0.691. The van der Waals surface area contributed by atoms with Gasteiger partial charge in [0.05, 0.1) is 16.4 Å². The summed E-state index contributed by atoms with van der Waals surface area (Å²) >= 11 is 18.1. The van der Waals surface area contributed by atoms with Gasteiger partial charge in [-0.15, -0.1) is 11.6 Å². The quantitative estimate of drug-likeness (QED) is 0.610. The van der Waals surface area contributed by atoms with Gasteiger partial charge in [-0.1, -0.05) is 41.4 Å². The van der Waals surface area contributed by atoms with Crippen LogP contribution >= 0.6 is 34.8 Å². The molecule has 3 rings (SSSR count). The smallest absolute Gasteiger partial charge is 0.125 e. The van der Waals surface area contributed by atoms with Crippen molar-refractivity contribution in [2.24, 2.45) is 0 Å². The van der Waals surface area contributed by atoms with E-state index in [9.17, 15) is 0 Å². The van der Waals surface area contributed by atoms with E-state index in [4.69, 9.17) is 34.8 Å². The molecule has 0 fully saturated rings. The molecule has 0 aliphatic heterocycles. The van der Waals surface area contributed by atoms with E-state index in [0.29, 0.717) is 17.4 Å². The maximum absolute atomic E-state index is 6.19. The summed E-state index contributed by atoms with van der Waals surface area (Å²) in [6, 6.07) is 13.5. The molecule has 1 aromatic heterocycles. The van der Waals surface area contributed by atoms with Crippen LogP contribution in [0.3, 0.4) is 0 Å². The average Bonchev–Trinajstić information content (AvgIpc) is 2.81. The minimum absolute atomic E-state index is 0.346. The van der Waals surface area contributed by atoms with Gasteiger partial charge in [0.25, 0.3) is 0 Å². The normalized spacial score (nSPS) is 11.2. The van der Waals surface area contributed by atoms with Crippen molar-refractivity contribution < 1.29 is 0 Å². The Labute approximate surface area is 131 Å². The Balaban J connectivity index is 2.10. The maximum atomic E-state index is 6.19. The maximum Gasteiger partial charge on any atom is 0.125 e. The molecule has 1 heterocycles. The van der Waals surface area contributed by atoms with E-state index < -0.39 is 0 Å². The topological polar surface area (TPSA) is 17.8 Å². The third-order valence-electron chi connectivity index (χ3n) is 3.18. The van der Waals surface area contributed by atoms with Gasteiger partial charge in [-0.2, -0.15) is 0 Å². The molecule has 5 heteroatoms. The van der Waals surface area contributed by atoms with Crippen molar-refractivity contribution in [2.45, 2.75) is 12.4 Å². The highest BCUT2D eigenvalue weighted by Gasteiger charge is 2.12. The van der Waals surface area contributed by atoms with Crippen molar-refractivity contribution in [1.82, 2.24) is 9.55 Å². The van der Waals surface area contributed by atoms with E-state index in [2.05, 4.69) is 9.55 Å². The SMILES string of the molecule is ClCc1nc2c(Cl)cccc2n1Cc1ccc(Cl)cc1. The molecule has 102 valence electrons. The van der Waals surface area contributed by atoms with Crippen LogP contribution in [-0.2, 0) is 12.4 Å². The Bertz CT molecular complexity index is 748. The summed E-state index contributed by atoms with van der Waals surface area (Å²) in [6.07, 6.45) is 0. The number of hydrogen-bond acceptors (Lipinski definition) is 1. The second-order valence-corrected chi connectivity index (χ2v) is 5.59. The van der Waals surface area contributed by atoms with Gasteiger partial charge in [0.2, 0.25) is 0 Å². The summed E-state index contributed by atoms with van der Waals surface area (Å²) in [7, 11) is 0. The lowest BCUT2D eigenvalue weighted by molar-refractivity contribution is 0.779. The van der Waals surface area contributed by atoms with E-state index in [0.717, 1.165) is 27.4 Å². The minimum atomic E-state index is 0.346. The van der Waals surface area contributed by atoms with E-state index >= 15 is 0 Å². The van der Waals surface area contributed by atoms with Crippen molar-refractivity contribution in [1.29, 1.82) is 0 Å². The van der Waals surface area contributed by atoms with Crippen molar-refractivity contribution in [3.63, 3.8) is 0 Å². The van der Waals surface area contributed by atoms with E-state index in [1.807, 2.05) is 42.5 Å². The number of alkyl halides is 1. The molecule has 0 unspecified atom stereocenters. The third kappa shape index (κ3) is 2.51. The molecule has 0 saturated carbocycles. The van der Waals surface area contributed by atoms with Crippen LogP contribution in [0.25, 0.3) is 11.0 Å². The fourth-order valence-corrected chi connectivity index (χ4v) is 2.75. The van der Waals surface area contributed by atoms with Gasteiger partial charge < -0.3 is 4.57 Å². The first-order chi connectivity index (χ1) is 9.69. The highest BCUT2D eigenvalue weighted by Crippen LogP contribution is 2.25. The number of nitrogens with zero attached hydrogens (tertiary/aromatic N) is 2. The van der Waals surface area contributed by atoms with Crippen LogP contribution in [0.15, 0.2) is 42.5 Å². The standard InChI is InChI=1S/C15H11Cl3N2/c16-8-14-19-15-12(18)2-1-3-13(15)20(14)9-10-4-6-11(17)7-5-10/h1-7H,8-9H2. The van der Waals surface area contributed by atoms with Gasteiger partial charge >= 0.3 is 0 Å². The van der Waals surface area contributed by atoms with Crippen LogP contribution in [0.4, 0.5) is 0 Å². The first-order valence-electron chi connectivity index (χ1n) is 6.13. The van der Waals surface area contributed by atoms with E-state index in [1.54, 1.807) is 0 Å². The van der Waals surface area contributed by atoms with E-state index in [1.165, 1.54) is 0 Å². The molecule has 0 aliphatic rings. The van der Waals surface area contributed by atoms with Crippen molar-refractivity contribution in [2.75, 3.05) is 0 Å². The number of halogens is 3. The summed E-state index contributed by atoms with van der Waals surface area (Å²) in [5.41, 5.74) is 2.92. The first kappa shape index (κ1) is 13.7. The molecular weight excluding hydrogens is 315 g/mol. The van der Waals surface area contributed by atoms with E-state index in [-0.39, 0.29) is 0 Å². The first-order valence-corrected chi connectivity index (χ1v) is 7.42. The number of para-hydroxylation sites is 1. The number of aromatic nitrogens is 2. The van der Waals surface area contributed by atoms with Gasteiger partial charge in [0.15, 0.2) is 0 Å². The predicted octanol–water partition coefficient (Wildman–Crippen LogP) is 5.13. The molecule has 20 heavy (non-hydrogen) atoms. The van der Waals surface area contributed by atoms with Crippen LogP contribution in [0.5, 0.6) is 0 Å². The Morgan fingerprint density at radius 1 is 1.00 bits per heavy atom. The number of fused-ring (bicyclic) bond motifs is 1. The third-order valence-corrected chi connectivity index (χ3v) is 3.98. The fraction of sp³-hybridized carbons (Fsp3) is 0.133. The van der Waals surface area contributed by atoms with Gasteiger partial charge in [-0.05, 0) is 29.8 Å².